The highest BCUT2D eigenvalue weighted by Crippen LogP contribution is 2.33. The molecule has 0 radical (unpaired) electrons. The van der Waals surface area contributed by atoms with E-state index in [-0.39, 0.29) is 11.8 Å². The molecule has 4 rings (SSSR count). The molecule has 0 aromatic heterocycles. The molecule has 0 saturated carbocycles. The number of carbonyl (C=O) groups is 1. The van der Waals surface area contributed by atoms with Crippen molar-refractivity contribution in [2.45, 2.75) is 31.6 Å². The van der Waals surface area contributed by atoms with E-state index in [0.29, 0.717) is 19.7 Å². The molecule has 0 spiro atoms. The lowest BCUT2D eigenvalue weighted by Crippen LogP contribution is -2.40. The first-order valence-electron chi connectivity index (χ1n) is 10.5. The predicted octanol–water partition coefficient (Wildman–Crippen LogP) is 3.93. The Morgan fingerprint density at radius 1 is 1.10 bits per heavy atom. The molecule has 5 nitrogen and oxygen atoms in total. The average molecular weight is 392 g/mol. The first kappa shape index (κ1) is 19.6. The summed E-state index contributed by atoms with van der Waals surface area (Å²) in [7, 11) is 0. The van der Waals surface area contributed by atoms with Crippen LogP contribution < -0.4 is 0 Å². The van der Waals surface area contributed by atoms with Crippen molar-refractivity contribution in [1.29, 1.82) is 0 Å². The lowest BCUT2D eigenvalue weighted by atomic mass is 9.78. The van der Waals surface area contributed by atoms with Crippen LogP contribution in [0.1, 0.15) is 41.9 Å². The Morgan fingerprint density at radius 3 is 2.72 bits per heavy atom. The van der Waals surface area contributed by atoms with E-state index >= 15 is 0 Å². The summed E-state index contributed by atoms with van der Waals surface area (Å²) in [6, 6.07) is 18.9. The molecule has 2 aromatic carbocycles. The third kappa shape index (κ3) is 4.67. The lowest BCUT2D eigenvalue weighted by Gasteiger charge is -2.30. The normalized spacial score (nSPS) is 23.5. The number of likely N-dealkylation sites (tertiary alicyclic amines) is 1. The Bertz CT molecular complexity index is 865. The fraction of sp³-hybridized carbons (Fsp3) is 0.417. The molecule has 0 bridgehead atoms. The van der Waals surface area contributed by atoms with Crippen LogP contribution in [0.5, 0.6) is 0 Å². The van der Waals surface area contributed by atoms with E-state index in [9.17, 15) is 9.90 Å². The highest BCUT2D eigenvalue weighted by molar-refractivity contribution is 6.06. The van der Waals surface area contributed by atoms with E-state index in [1.165, 1.54) is 16.7 Å². The second kappa shape index (κ2) is 9.23. The van der Waals surface area contributed by atoms with Crippen molar-refractivity contribution in [3.63, 3.8) is 0 Å². The van der Waals surface area contributed by atoms with Crippen molar-refractivity contribution in [3.05, 3.63) is 71.3 Å². The predicted molar refractivity (Wildman–Crippen MR) is 113 cm³/mol. The first-order valence-corrected chi connectivity index (χ1v) is 10.5. The maximum Gasteiger partial charge on any atom is 0.307 e. The van der Waals surface area contributed by atoms with Crippen molar-refractivity contribution >= 4 is 11.7 Å². The minimum absolute atomic E-state index is 0.234. The van der Waals surface area contributed by atoms with Crippen molar-refractivity contribution in [1.82, 2.24) is 4.90 Å². The lowest BCUT2D eigenvalue weighted by molar-refractivity contribution is -0.143. The van der Waals surface area contributed by atoms with Gasteiger partial charge in [0.05, 0.1) is 11.6 Å². The monoisotopic (exact) mass is 392 g/mol. The molecule has 2 aromatic rings. The second-order valence-electron chi connectivity index (χ2n) is 7.95. The van der Waals surface area contributed by atoms with Crippen molar-refractivity contribution < 1.29 is 14.7 Å². The van der Waals surface area contributed by atoms with Crippen molar-refractivity contribution in [2.24, 2.45) is 11.1 Å². The number of hydrogen-bond acceptors (Lipinski definition) is 4. The van der Waals surface area contributed by atoms with Crippen LogP contribution in [0.25, 0.3) is 0 Å². The molecule has 152 valence electrons. The number of aryl methyl sites for hydroxylation is 1. The van der Waals surface area contributed by atoms with Gasteiger partial charge in [-0.1, -0.05) is 59.8 Å². The summed E-state index contributed by atoms with van der Waals surface area (Å²) in [6.07, 6.45) is 3.76. The standard InChI is InChI=1S/C24H28N2O3/c27-24(28)20-10-6-14-26(17-20)15-16-29-25-23-21-11-5-4-9-19(21)12-13-22(23)18-7-2-1-3-8-18/h1-5,7-9,11,20,22H,6,10,12-17H2,(H,27,28)/t20-,22?/m1/s1. The number of benzene rings is 2. The van der Waals surface area contributed by atoms with Crippen molar-refractivity contribution in [3.8, 4) is 0 Å². The van der Waals surface area contributed by atoms with Gasteiger partial charge >= 0.3 is 5.97 Å². The number of oxime groups is 1. The fourth-order valence-corrected chi connectivity index (χ4v) is 4.48. The summed E-state index contributed by atoms with van der Waals surface area (Å²) in [5.41, 5.74) is 4.77. The number of rotatable bonds is 6. The Hall–Kier alpha value is -2.66. The number of carboxylic acid groups (broad SMARTS) is 1. The van der Waals surface area contributed by atoms with Gasteiger partial charge in [0, 0.05) is 24.6 Å². The fourth-order valence-electron chi connectivity index (χ4n) is 4.48. The third-order valence-corrected chi connectivity index (χ3v) is 6.04. The molecule has 1 fully saturated rings. The minimum Gasteiger partial charge on any atom is -0.481 e. The number of hydrogen-bond donors (Lipinski definition) is 1. The molecule has 1 N–H and O–H groups in total. The maximum absolute atomic E-state index is 11.2. The van der Waals surface area contributed by atoms with E-state index < -0.39 is 5.97 Å². The Kier molecular flexibility index (Phi) is 6.25. The van der Waals surface area contributed by atoms with Gasteiger partial charge in [-0.3, -0.25) is 9.69 Å². The number of piperidine rings is 1. The topological polar surface area (TPSA) is 62.1 Å². The van der Waals surface area contributed by atoms with Crippen LogP contribution in [0.4, 0.5) is 0 Å². The smallest absolute Gasteiger partial charge is 0.307 e. The highest BCUT2D eigenvalue weighted by Gasteiger charge is 2.28. The molecule has 1 unspecified atom stereocenters. The third-order valence-electron chi connectivity index (χ3n) is 6.04. The van der Waals surface area contributed by atoms with Crippen LogP contribution in [0.15, 0.2) is 59.8 Å². The molecule has 1 aliphatic carbocycles. The second-order valence-corrected chi connectivity index (χ2v) is 7.95. The molecular weight excluding hydrogens is 364 g/mol. The largest absolute Gasteiger partial charge is 0.481 e. The van der Waals surface area contributed by atoms with Crippen molar-refractivity contribution in [2.75, 3.05) is 26.2 Å². The Balaban J connectivity index is 1.45. The van der Waals surface area contributed by atoms with E-state index in [2.05, 4.69) is 58.6 Å². The van der Waals surface area contributed by atoms with Gasteiger partial charge in [0.25, 0.3) is 0 Å². The highest BCUT2D eigenvalue weighted by atomic mass is 16.6. The van der Waals surface area contributed by atoms with E-state index in [4.69, 9.17) is 4.84 Å². The molecule has 5 heteroatoms. The molecule has 0 amide bonds. The summed E-state index contributed by atoms with van der Waals surface area (Å²) < 4.78 is 0. The Morgan fingerprint density at radius 2 is 1.90 bits per heavy atom. The minimum atomic E-state index is -0.694. The van der Waals surface area contributed by atoms with E-state index in [0.717, 1.165) is 37.9 Å². The van der Waals surface area contributed by atoms with E-state index in [1.54, 1.807) is 0 Å². The SMILES string of the molecule is O=C(O)[C@@H]1CCCN(CCON=C2c3ccccc3CCC2c2ccccc2)C1. The van der Waals surface area contributed by atoms with Crippen LogP contribution in [-0.4, -0.2) is 47.9 Å². The first-order chi connectivity index (χ1) is 14.2. The zero-order chi connectivity index (χ0) is 20.1. The molecular formula is C24H28N2O3. The number of carboxylic acids is 1. The molecule has 2 aliphatic rings. The van der Waals surface area contributed by atoms with Gasteiger partial charge in [0.2, 0.25) is 0 Å². The van der Waals surface area contributed by atoms with Gasteiger partial charge in [-0.15, -0.1) is 0 Å². The zero-order valence-electron chi connectivity index (χ0n) is 16.7. The maximum atomic E-state index is 11.2. The van der Waals surface area contributed by atoms with Gasteiger partial charge < -0.3 is 9.94 Å². The van der Waals surface area contributed by atoms with Crippen LogP contribution in [-0.2, 0) is 16.1 Å². The molecule has 1 aliphatic heterocycles. The Labute approximate surface area is 172 Å². The number of nitrogens with zero attached hydrogens (tertiary/aromatic N) is 2. The average Bonchev–Trinajstić information content (AvgIpc) is 2.77. The van der Waals surface area contributed by atoms with Gasteiger partial charge in [-0.25, -0.2) is 0 Å². The molecule has 1 saturated heterocycles. The molecule has 29 heavy (non-hydrogen) atoms. The quantitative estimate of drug-likeness (QED) is 0.598. The van der Waals surface area contributed by atoms with Gasteiger partial charge in [0.1, 0.15) is 6.61 Å². The zero-order valence-corrected chi connectivity index (χ0v) is 16.7. The van der Waals surface area contributed by atoms with Gasteiger partial charge in [0.15, 0.2) is 0 Å². The summed E-state index contributed by atoms with van der Waals surface area (Å²) in [4.78, 5) is 19.2. The van der Waals surface area contributed by atoms with Crippen LogP contribution in [0, 0.1) is 5.92 Å². The number of aliphatic carboxylic acids is 1. The van der Waals surface area contributed by atoms with Crippen LogP contribution in [0.2, 0.25) is 0 Å². The van der Waals surface area contributed by atoms with E-state index in [1.807, 2.05) is 6.07 Å². The molecule has 2 atom stereocenters. The summed E-state index contributed by atoms with van der Waals surface area (Å²) >= 11 is 0. The molecule has 1 heterocycles. The summed E-state index contributed by atoms with van der Waals surface area (Å²) in [5.74, 6) is -0.722. The summed E-state index contributed by atoms with van der Waals surface area (Å²) in [5, 5.41) is 13.8. The van der Waals surface area contributed by atoms with Gasteiger partial charge in [-0.05, 0) is 43.4 Å². The van der Waals surface area contributed by atoms with Crippen LogP contribution in [0.3, 0.4) is 0 Å². The van der Waals surface area contributed by atoms with Gasteiger partial charge in [-0.2, -0.15) is 0 Å². The number of fused-ring (bicyclic) bond motifs is 1. The van der Waals surface area contributed by atoms with Crippen LogP contribution >= 0.6 is 0 Å². The summed E-state index contributed by atoms with van der Waals surface area (Å²) in [6.45, 7) is 2.71.